The lowest BCUT2D eigenvalue weighted by Crippen LogP contribution is -2.44. The van der Waals surface area contributed by atoms with Gasteiger partial charge in [-0.1, -0.05) is 6.07 Å². The number of halogens is 2. The van der Waals surface area contributed by atoms with Crippen LogP contribution in [0, 0.1) is 0 Å². The third kappa shape index (κ3) is 3.79. The van der Waals surface area contributed by atoms with Crippen LogP contribution in [0.4, 0.5) is 5.69 Å². The van der Waals surface area contributed by atoms with Crippen molar-refractivity contribution < 1.29 is 0 Å². The molecule has 2 fully saturated rings. The number of fused-ring (bicyclic) bond motifs is 3. The zero-order valence-electron chi connectivity index (χ0n) is 15.4. The summed E-state index contributed by atoms with van der Waals surface area (Å²) < 4.78 is 0. The SMILES string of the molecule is CN1[C@@H]2CC[C@H]1C[C@@H](Nc1ccc(-c3ccc4[nH]ccc4c3)nc1)C2.Cl.Cl. The highest BCUT2D eigenvalue weighted by Gasteiger charge is 2.38. The van der Waals surface area contributed by atoms with Crippen molar-refractivity contribution in [2.24, 2.45) is 0 Å². The Hall–Kier alpha value is -1.75. The number of nitrogens with zero attached hydrogens (tertiary/aromatic N) is 2. The molecular weight excluding hydrogens is 379 g/mol. The first-order chi connectivity index (χ1) is 12.3. The molecule has 0 saturated carbocycles. The van der Waals surface area contributed by atoms with E-state index in [9.17, 15) is 0 Å². The van der Waals surface area contributed by atoms with Gasteiger partial charge in [-0.05, 0) is 63.1 Å². The summed E-state index contributed by atoms with van der Waals surface area (Å²) in [5, 5.41) is 4.94. The number of rotatable bonds is 3. The van der Waals surface area contributed by atoms with Crippen molar-refractivity contribution in [2.75, 3.05) is 12.4 Å². The maximum Gasteiger partial charge on any atom is 0.0703 e. The van der Waals surface area contributed by atoms with Gasteiger partial charge in [0.05, 0.1) is 17.6 Å². The van der Waals surface area contributed by atoms with Gasteiger partial charge in [-0.15, -0.1) is 24.8 Å². The number of piperidine rings is 1. The van der Waals surface area contributed by atoms with Crippen molar-refractivity contribution in [3.05, 3.63) is 48.8 Å². The molecule has 4 heterocycles. The van der Waals surface area contributed by atoms with E-state index < -0.39 is 0 Å². The molecule has 4 nitrogen and oxygen atoms in total. The predicted molar refractivity (Wildman–Crippen MR) is 117 cm³/mol. The van der Waals surface area contributed by atoms with E-state index in [-0.39, 0.29) is 24.8 Å². The summed E-state index contributed by atoms with van der Waals surface area (Å²) in [5.41, 5.74) is 4.49. The average Bonchev–Trinajstić information content (AvgIpc) is 3.16. The molecule has 2 aliphatic heterocycles. The summed E-state index contributed by atoms with van der Waals surface area (Å²) in [6.07, 6.45) is 9.18. The average molecular weight is 405 g/mol. The molecule has 2 aromatic heterocycles. The van der Waals surface area contributed by atoms with Crippen LogP contribution in [-0.4, -0.2) is 40.0 Å². The smallest absolute Gasteiger partial charge is 0.0703 e. The molecule has 0 radical (unpaired) electrons. The molecule has 1 aromatic carbocycles. The molecular formula is C21H26Cl2N4. The van der Waals surface area contributed by atoms with Crippen LogP contribution in [0.1, 0.15) is 25.7 Å². The molecule has 0 unspecified atom stereocenters. The Bertz CT molecular complexity index is 879. The van der Waals surface area contributed by atoms with Crippen molar-refractivity contribution in [1.82, 2.24) is 14.9 Å². The number of nitrogens with one attached hydrogen (secondary N) is 2. The molecule has 3 aromatic rings. The Morgan fingerprint density at radius 3 is 2.52 bits per heavy atom. The Balaban J connectivity index is 0.00000105. The molecule has 2 N–H and O–H groups in total. The van der Waals surface area contributed by atoms with E-state index >= 15 is 0 Å². The van der Waals surface area contributed by atoms with E-state index in [1.807, 2.05) is 12.4 Å². The topological polar surface area (TPSA) is 44.0 Å². The maximum atomic E-state index is 4.69. The van der Waals surface area contributed by atoms with Crippen LogP contribution in [0.15, 0.2) is 48.8 Å². The Morgan fingerprint density at radius 2 is 1.81 bits per heavy atom. The van der Waals surface area contributed by atoms with Gasteiger partial charge in [0, 0.05) is 40.8 Å². The third-order valence-corrected chi connectivity index (χ3v) is 6.08. The fraction of sp³-hybridized carbons (Fsp3) is 0.381. The molecule has 0 spiro atoms. The summed E-state index contributed by atoms with van der Waals surface area (Å²) in [4.78, 5) is 10.5. The van der Waals surface area contributed by atoms with Crippen molar-refractivity contribution in [3.63, 3.8) is 0 Å². The molecule has 2 saturated heterocycles. The molecule has 0 aliphatic carbocycles. The van der Waals surface area contributed by atoms with E-state index in [2.05, 4.69) is 58.6 Å². The fourth-order valence-electron chi connectivity index (χ4n) is 4.63. The van der Waals surface area contributed by atoms with Crippen LogP contribution in [0.25, 0.3) is 22.2 Å². The van der Waals surface area contributed by atoms with Gasteiger partial charge in [-0.2, -0.15) is 0 Å². The molecule has 27 heavy (non-hydrogen) atoms. The zero-order chi connectivity index (χ0) is 16.8. The van der Waals surface area contributed by atoms with Crippen LogP contribution in [0.2, 0.25) is 0 Å². The summed E-state index contributed by atoms with van der Waals surface area (Å²) in [6.45, 7) is 0. The second-order valence-electron chi connectivity index (χ2n) is 7.57. The molecule has 2 bridgehead atoms. The number of pyridine rings is 1. The third-order valence-electron chi connectivity index (χ3n) is 6.08. The van der Waals surface area contributed by atoms with E-state index in [0.29, 0.717) is 6.04 Å². The van der Waals surface area contributed by atoms with E-state index in [1.54, 1.807) is 0 Å². The number of aromatic nitrogens is 2. The second-order valence-corrected chi connectivity index (χ2v) is 7.57. The van der Waals surface area contributed by atoms with Crippen LogP contribution >= 0.6 is 24.8 Å². The Morgan fingerprint density at radius 1 is 1.04 bits per heavy atom. The van der Waals surface area contributed by atoms with Crippen LogP contribution in [0.3, 0.4) is 0 Å². The lowest BCUT2D eigenvalue weighted by Gasteiger charge is -2.37. The van der Waals surface area contributed by atoms with Crippen molar-refractivity contribution in [1.29, 1.82) is 0 Å². The number of benzene rings is 1. The highest BCUT2D eigenvalue weighted by atomic mass is 35.5. The second kappa shape index (κ2) is 8.09. The first kappa shape index (κ1) is 20.0. The van der Waals surface area contributed by atoms with E-state index in [1.165, 1.54) is 36.6 Å². The van der Waals surface area contributed by atoms with Gasteiger partial charge < -0.3 is 15.2 Å². The number of hydrogen-bond donors (Lipinski definition) is 2. The molecule has 5 rings (SSSR count). The zero-order valence-corrected chi connectivity index (χ0v) is 17.0. The molecule has 2 aliphatic rings. The lowest BCUT2D eigenvalue weighted by molar-refractivity contribution is 0.169. The fourth-order valence-corrected chi connectivity index (χ4v) is 4.63. The van der Waals surface area contributed by atoms with Gasteiger partial charge in [-0.3, -0.25) is 4.98 Å². The first-order valence-corrected chi connectivity index (χ1v) is 9.28. The normalized spacial score (nSPS) is 24.3. The first-order valence-electron chi connectivity index (χ1n) is 9.28. The Kier molecular flexibility index (Phi) is 5.99. The van der Waals surface area contributed by atoms with Crippen molar-refractivity contribution in [3.8, 4) is 11.3 Å². The Labute approximate surface area is 172 Å². The molecule has 0 amide bonds. The predicted octanol–water partition coefficient (Wildman–Crippen LogP) is 5.11. The number of aromatic amines is 1. The highest BCUT2D eigenvalue weighted by Crippen LogP contribution is 2.35. The van der Waals surface area contributed by atoms with Gasteiger partial charge in [0.1, 0.15) is 0 Å². The summed E-state index contributed by atoms with van der Waals surface area (Å²) in [7, 11) is 2.29. The summed E-state index contributed by atoms with van der Waals surface area (Å²) >= 11 is 0. The van der Waals surface area contributed by atoms with Crippen molar-refractivity contribution >= 4 is 41.4 Å². The summed E-state index contributed by atoms with van der Waals surface area (Å²) in [5.74, 6) is 0. The number of hydrogen-bond acceptors (Lipinski definition) is 3. The van der Waals surface area contributed by atoms with Gasteiger partial charge in [0.25, 0.3) is 0 Å². The van der Waals surface area contributed by atoms with Crippen LogP contribution in [-0.2, 0) is 0 Å². The highest BCUT2D eigenvalue weighted by molar-refractivity contribution is 5.86. The molecule has 6 heteroatoms. The summed E-state index contributed by atoms with van der Waals surface area (Å²) in [6, 6.07) is 14.9. The van der Waals surface area contributed by atoms with Crippen LogP contribution in [0.5, 0.6) is 0 Å². The standard InChI is InChI=1S/C21H24N4.2ClH/c1-25-18-4-5-19(25)12-17(11-18)24-16-3-7-21(23-13-16)14-2-6-20-15(10-14)8-9-22-20;;/h2-3,6-10,13,17-19,22,24H,4-5,11-12H2,1H3;2*1H/t17-,18+,19-;;. The quantitative estimate of drug-likeness (QED) is 0.637. The van der Waals surface area contributed by atoms with Crippen LogP contribution < -0.4 is 5.32 Å². The lowest BCUT2D eigenvalue weighted by atomic mass is 9.98. The van der Waals surface area contributed by atoms with Gasteiger partial charge in [0.2, 0.25) is 0 Å². The van der Waals surface area contributed by atoms with Gasteiger partial charge in [-0.25, -0.2) is 0 Å². The largest absolute Gasteiger partial charge is 0.381 e. The minimum absolute atomic E-state index is 0. The van der Waals surface area contributed by atoms with E-state index in [0.717, 1.165) is 29.0 Å². The maximum absolute atomic E-state index is 4.69. The minimum atomic E-state index is 0. The number of anilines is 1. The van der Waals surface area contributed by atoms with Gasteiger partial charge in [0.15, 0.2) is 0 Å². The molecule has 3 atom stereocenters. The van der Waals surface area contributed by atoms with Crippen molar-refractivity contribution in [2.45, 2.75) is 43.8 Å². The van der Waals surface area contributed by atoms with E-state index in [4.69, 9.17) is 4.98 Å². The molecule has 144 valence electrons. The number of H-pyrrole nitrogens is 1. The van der Waals surface area contributed by atoms with Gasteiger partial charge >= 0.3 is 0 Å². The monoisotopic (exact) mass is 404 g/mol. The minimum Gasteiger partial charge on any atom is -0.381 e.